The number of hydrogen-bond acceptors (Lipinski definition) is 3. The molecular weight excluding hydrogens is 286 g/mol. The van der Waals surface area contributed by atoms with Gasteiger partial charge in [-0.05, 0) is 25.1 Å². The molecule has 17 heavy (non-hydrogen) atoms. The molecule has 0 saturated carbocycles. The molecule has 1 atom stereocenters. The number of halogens is 1. The van der Waals surface area contributed by atoms with Gasteiger partial charge in [-0.25, -0.2) is 0 Å². The van der Waals surface area contributed by atoms with Crippen molar-refractivity contribution in [1.29, 1.82) is 0 Å². The van der Waals surface area contributed by atoms with E-state index in [9.17, 15) is 9.90 Å². The molecule has 1 amide bonds. The average molecular weight is 300 g/mol. The van der Waals surface area contributed by atoms with Crippen LogP contribution in [0.15, 0.2) is 22.7 Å². The molecule has 1 aromatic carbocycles. The van der Waals surface area contributed by atoms with Crippen LogP contribution in [-0.4, -0.2) is 41.7 Å². The molecule has 1 saturated heterocycles. The van der Waals surface area contributed by atoms with E-state index in [4.69, 9.17) is 4.74 Å². The maximum absolute atomic E-state index is 12.2. The number of phenols is 1. The molecule has 0 aromatic heterocycles. The van der Waals surface area contributed by atoms with Crippen LogP contribution >= 0.6 is 15.9 Å². The molecule has 1 fully saturated rings. The number of morpholine rings is 1. The van der Waals surface area contributed by atoms with Gasteiger partial charge in [0, 0.05) is 17.6 Å². The van der Waals surface area contributed by atoms with Crippen molar-refractivity contribution in [1.82, 2.24) is 4.90 Å². The van der Waals surface area contributed by atoms with Gasteiger partial charge in [0.15, 0.2) is 0 Å². The van der Waals surface area contributed by atoms with Crippen molar-refractivity contribution in [2.24, 2.45) is 0 Å². The molecule has 0 radical (unpaired) electrons. The standard InChI is InChI=1S/C12H14BrNO3/c1-8-7-14(4-5-17-8)12(16)10-3-2-9(13)6-11(10)15/h2-3,6,8,15H,4-5,7H2,1H3/t8-/m0/s1. The summed E-state index contributed by atoms with van der Waals surface area (Å²) in [5.41, 5.74) is 0.335. The number of hydrogen-bond donors (Lipinski definition) is 1. The summed E-state index contributed by atoms with van der Waals surface area (Å²) in [6.07, 6.45) is 0.0466. The molecule has 4 nitrogen and oxygen atoms in total. The van der Waals surface area contributed by atoms with Crippen molar-refractivity contribution < 1.29 is 14.6 Å². The van der Waals surface area contributed by atoms with E-state index in [0.29, 0.717) is 25.3 Å². The van der Waals surface area contributed by atoms with Gasteiger partial charge in [0.2, 0.25) is 0 Å². The number of aromatic hydroxyl groups is 1. The largest absolute Gasteiger partial charge is 0.507 e. The Kier molecular flexibility index (Phi) is 3.69. The minimum Gasteiger partial charge on any atom is -0.507 e. The van der Waals surface area contributed by atoms with Crippen molar-refractivity contribution in [3.63, 3.8) is 0 Å². The molecule has 0 aliphatic carbocycles. The van der Waals surface area contributed by atoms with E-state index in [1.165, 1.54) is 6.07 Å². The Hall–Kier alpha value is -1.07. The second kappa shape index (κ2) is 5.06. The first-order chi connectivity index (χ1) is 8.08. The van der Waals surface area contributed by atoms with E-state index in [1.54, 1.807) is 17.0 Å². The summed E-state index contributed by atoms with van der Waals surface area (Å²) >= 11 is 3.25. The highest BCUT2D eigenvalue weighted by molar-refractivity contribution is 9.10. The lowest BCUT2D eigenvalue weighted by atomic mass is 10.1. The van der Waals surface area contributed by atoms with Crippen molar-refractivity contribution in [3.8, 4) is 5.75 Å². The van der Waals surface area contributed by atoms with E-state index in [1.807, 2.05) is 6.92 Å². The highest BCUT2D eigenvalue weighted by Crippen LogP contribution is 2.24. The zero-order valence-corrected chi connectivity index (χ0v) is 11.1. The fourth-order valence-corrected chi connectivity index (χ4v) is 2.21. The molecule has 0 unspecified atom stereocenters. The van der Waals surface area contributed by atoms with Crippen LogP contribution in [0.4, 0.5) is 0 Å². The quantitative estimate of drug-likeness (QED) is 0.863. The minimum atomic E-state index is -0.148. The number of amides is 1. The SMILES string of the molecule is C[C@H]1CN(C(=O)c2ccc(Br)cc2O)CCO1. The Balaban J connectivity index is 2.18. The summed E-state index contributed by atoms with van der Waals surface area (Å²) in [6, 6.07) is 4.90. The number of nitrogens with zero attached hydrogens (tertiary/aromatic N) is 1. The van der Waals surface area contributed by atoms with Crippen LogP contribution in [0.1, 0.15) is 17.3 Å². The van der Waals surface area contributed by atoms with Crippen molar-refractivity contribution in [2.45, 2.75) is 13.0 Å². The van der Waals surface area contributed by atoms with Gasteiger partial charge >= 0.3 is 0 Å². The summed E-state index contributed by atoms with van der Waals surface area (Å²) in [5, 5.41) is 9.75. The number of carbonyl (C=O) groups is 1. The Morgan fingerprint density at radius 3 is 3.00 bits per heavy atom. The monoisotopic (exact) mass is 299 g/mol. The molecule has 1 aliphatic rings. The molecule has 1 aliphatic heterocycles. The van der Waals surface area contributed by atoms with Crippen molar-refractivity contribution in [2.75, 3.05) is 19.7 Å². The van der Waals surface area contributed by atoms with E-state index in [2.05, 4.69) is 15.9 Å². The summed E-state index contributed by atoms with van der Waals surface area (Å²) in [6.45, 7) is 3.61. The predicted molar refractivity (Wildman–Crippen MR) is 67.1 cm³/mol. The first-order valence-corrected chi connectivity index (χ1v) is 6.26. The molecule has 0 spiro atoms. The van der Waals surface area contributed by atoms with E-state index in [-0.39, 0.29) is 17.8 Å². The number of phenolic OH excluding ortho intramolecular Hbond substituents is 1. The lowest BCUT2D eigenvalue weighted by Gasteiger charge is -2.31. The average Bonchev–Trinajstić information content (AvgIpc) is 2.28. The number of carbonyl (C=O) groups excluding carboxylic acids is 1. The Labute approximate surface area is 108 Å². The Morgan fingerprint density at radius 2 is 2.35 bits per heavy atom. The number of benzene rings is 1. The van der Waals surface area contributed by atoms with E-state index < -0.39 is 0 Å². The molecule has 1 heterocycles. The van der Waals surface area contributed by atoms with Crippen LogP contribution in [0.25, 0.3) is 0 Å². The first-order valence-electron chi connectivity index (χ1n) is 5.47. The van der Waals surface area contributed by atoms with Gasteiger partial charge in [-0.2, -0.15) is 0 Å². The highest BCUT2D eigenvalue weighted by Gasteiger charge is 2.24. The molecule has 0 bridgehead atoms. The van der Waals surface area contributed by atoms with Crippen LogP contribution < -0.4 is 0 Å². The zero-order chi connectivity index (χ0) is 12.4. The number of rotatable bonds is 1. The predicted octanol–water partition coefficient (Wildman–Crippen LogP) is 2.02. The van der Waals surface area contributed by atoms with Gasteiger partial charge in [-0.15, -0.1) is 0 Å². The van der Waals surface area contributed by atoms with Gasteiger partial charge in [0.1, 0.15) is 5.75 Å². The van der Waals surface area contributed by atoms with Crippen molar-refractivity contribution >= 4 is 21.8 Å². The molecular formula is C12H14BrNO3. The van der Waals surface area contributed by atoms with E-state index in [0.717, 1.165) is 4.47 Å². The molecule has 2 rings (SSSR count). The molecule has 1 N–H and O–H groups in total. The van der Waals surface area contributed by atoms with Crippen LogP contribution in [0.5, 0.6) is 5.75 Å². The normalized spacial score (nSPS) is 20.4. The van der Waals surface area contributed by atoms with Gasteiger partial charge in [0.25, 0.3) is 5.91 Å². The third kappa shape index (κ3) is 2.79. The smallest absolute Gasteiger partial charge is 0.257 e. The molecule has 92 valence electrons. The third-order valence-electron chi connectivity index (χ3n) is 2.72. The second-order valence-electron chi connectivity index (χ2n) is 4.09. The van der Waals surface area contributed by atoms with Crippen LogP contribution in [0.2, 0.25) is 0 Å². The fourth-order valence-electron chi connectivity index (χ4n) is 1.86. The minimum absolute atomic E-state index is 0.00326. The zero-order valence-electron chi connectivity index (χ0n) is 9.52. The topological polar surface area (TPSA) is 49.8 Å². The lowest BCUT2D eigenvalue weighted by Crippen LogP contribution is -2.44. The highest BCUT2D eigenvalue weighted by atomic mass is 79.9. The van der Waals surface area contributed by atoms with Crippen LogP contribution in [0.3, 0.4) is 0 Å². The van der Waals surface area contributed by atoms with Gasteiger partial charge in [0.05, 0.1) is 18.3 Å². The first kappa shape index (κ1) is 12.4. The maximum Gasteiger partial charge on any atom is 0.257 e. The molecule has 1 aromatic rings. The van der Waals surface area contributed by atoms with Crippen LogP contribution in [0, 0.1) is 0 Å². The van der Waals surface area contributed by atoms with Gasteiger partial charge < -0.3 is 14.7 Å². The third-order valence-corrected chi connectivity index (χ3v) is 3.21. The van der Waals surface area contributed by atoms with Gasteiger partial charge in [-0.3, -0.25) is 4.79 Å². The second-order valence-corrected chi connectivity index (χ2v) is 5.01. The van der Waals surface area contributed by atoms with Crippen molar-refractivity contribution in [3.05, 3.63) is 28.2 Å². The van der Waals surface area contributed by atoms with Gasteiger partial charge in [-0.1, -0.05) is 15.9 Å². The summed E-state index contributed by atoms with van der Waals surface area (Å²) in [7, 11) is 0. The van der Waals surface area contributed by atoms with E-state index >= 15 is 0 Å². The summed E-state index contributed by atoms with van der Waals surface area (Å²) < 4.78 is 6.13. The fraction of sp³-hybridized carbons (Fsp3) is 0.417. The summed E-state index contributed by atoms with van der Waals surface area (Å²) in [5.74, 6) is -0.145. The number of ether oxygens (including phenoxy) is 1. The summed E-state index contributed by atoms with van der Waals surface area (Å²) in [4.78, 5) is 13.9. The lowest BCUT2D eigenvalue weighted by molar-refractivity contribution is -0.0125. The maximum atomic E-state index is 12.2. The molecule has 5 heteroatoms. The Bertz CT molecular complexity index is 436. The Morgan fingerprint density at radius 1 is 1.59 bits per heavy atom. The van der Waals surface area contributed by atoms with Crippen LogP contribution in [-0.2, 0) is 4.74 Å².